The van der Waals surface area contributed by atoms with E-state index in [0.717, 1.165) is 18.2 Å². The lowest BCUT2D eigenvalue weighted by Gasteiger charge is -2.06. The normalized spacial score (nSPS) is 9.81. The van der Waals surface area contributed by atoms with Crippen LogP contribution in [0.2, 0.25) is 0 Å². The molecule has 0 aliphatic rings. The molecular weight excluding hydrogens is 231 g/mol. The van der Waals surface area contributed by atoms with Crippen molar-refractivity contribution in [1.82, 2.24) is 5.32 Å². The van der Waals surface area contributed by atoms with Gasteiger partial charge in [0, 0.05) is 13.0 Å². The van der Waals surface area contributed by atoms with E-state index in [1.165, 1.54) is 0 Å². The lowest BCUT2D eigenvalue weighted by atomic mass is 10.2. The number of nitrogens with one attached hydrogen (secondary N) is 1. The number of amides is 1. The van der Waals surface area contributed by atoms with E-state index in [2.05, 4.69) is 17.5 Å². The molecule has 1 aromatic rings. The maximum atomic E-state index is 12.8. The number of nitrogens with two attached hydrogens (primary N) is 1. The standard InChI is InChI=1S/C10H11FN2O2S/c11-6-1-2-8(14)7(5-6)10(15)13-4-3-9(12)16/h1-2,5,14H,3-4H2,(H2,12,16)(H,13,15). The average Bonchev–Trinajstić information content (AvgIpc) is 2.21. The zero-order valence-corrected chi connectivity index (χ0v) is 9.18. The highest BCUT2D eigenvalue weighted by Gasteiger charge is 2.11. The van der Waals surface area contributed by atoms with Crippen molar-refractivity contribution in [3.63, 3.8) is 0 Å². The van der Waals surface area contributed by atoms with Crippen LogP contribution in [0.3, 0.4) is 0 Å². The van der Waals surface area contributed by atoms with Crippen molar-refractivity contribution in [2.24, 2.45) is 5.73 Å². The quantitative estimate of drug-likeness (QED) is 0.687. The number of hydrogen-bond donors (Lipinski definition) is 3. The first-order chi connectivity index (χ1) is 7.50. The van der Waals surface area contributed by atoms with Gasteiger partial charge in [-0.1, -0.05) is 12.2 Å². The van der Waals surface area contributed by atoms with E-state index in [0.29, 0.717) is 6.42 Å². The molecule has 0 saturated carbocycles. The third kappa shape index (κ3) is 3.47. The van der Waals surface area contributed by atoms with Gasteiger partial charge in [0.1, 0.15) is 11.6 Å². The van der Waals surface area contributed by atoms with Crippen LogP contribution in [0.5, 0.6) is 5.75 Å². The Morgan fingerprint density at radius 1 is 1.56 bits per heavy atom. The lowest BCUT2D eigenvalue weighted by Crippen LogP contribution is -2.27. The molecule has 0 saturated heterocycles. The third-order valence-corrected chi connectivity index (χ3v) is 2.06. The number of hydrogen-bond acceptors (Lipinski definition) is 3. The molecular formula is C10H11FN2O2S. The summed E-state index contributed by atoms with van der Waals surface area (Å²) in [5.74, 6) is -1.42. The van der Waals surface area contributed by atoms with Crippen molar-refractivity contribution in [2.45, 2.75) is 6.42 Å². The van der Waals surface area contributed by atoms with Crippen LogP contribution >= 0.6 is 12.2 Å². The van der Waals surface area contributed by atoms with Crippen molar-refractivity contribution in [3.8, 4) is 5.75 Å². The summed E-state index contributed by atoms with van der Waals surface area (Å²) < 4.78 is 12.8. The Kier molecular flexibility index (Phi) is 4.19. The van der Waals surface area contributed by atoms with Crippen molar-refractivity contribution in [3.05, 3.63) is 29.6 Å². The van der Waals surface area contributed by atoms with Gasteiger partial charge in [0.15, 0.2) is 0 Å². The minimum absolute atomic E-state index is 0.108. The molecule has 0 aliphatic carbocycles. The maximum absolute atomic E-state index is 12.8. The highest BCUT2D eigenvalue weighted by atomic mass is 32.1. The number of aromatic hydroxyl groups is 1. The van der Waals surface area contributed by atoms with Gasteiger partial charge in [0.2, 0.25) is 0 Å². The maximum Gasteiger partial charge on any atom is 0.255 e. The molecule has 0 aliphatic heterocycles. The molecule has 16 heavy (non-hydrogen) atoms. The first-order valence-electron chi connectivity index (χ1n) is 4.55. The summed E-state index contributed by atoms with van der Waals surface area (Å²) in [6, 6.07) is 3.16. The Morgan fingerprint density at radius 2 is 2.25 bits per heavy atom. The predicted octanol–water partition coefficient (Wildman–Crippen LogP) is 0.937. The van der Waals surface area contributed by atoms with E-state index in [1.807, 2.05) is 0 Å². The fourth-order valence-corrected chi connectivity index (χ4v) is 1.19. The number of carbonyl (C=O) groups is 1. The van der Waals surface area contributed by atoms with Crippen LogP contribution in [0.4, 0.5) is 4.39 Å². The Balaban J connectivity index is 2.65. The zero-order chi connectivity index (χ0) is 12.1. The van der Waals surface area contributed by atoms with Crippen LogP contribution in [-0.2, 0) is 0 Å². The number of rotatable bonds is 4. The molecule has 0 heterocycles. The first-order valence-corrected chi connectivity index (χ1v) is 4.96. The van der Waals surface area contributed by atoms with Gasteiger partial charge in [-0.25, -0.2) is 4.39 Å². The fourth-order valence-electron chi connectivity index (χ4n) is 1.08. The highest BCUT2D eigenvalue weighted by molar-refractivity contribution is 7.80. The van der Waals surface area contributed by atoms with E-state index >= 15 is 0 Å². The molecule has 4 nitrogen and oxygen atoms in total. The second kappa shape index (κ2) is 5.41. The van der Waals surface area contributed by atoms with Gasteiger partial charge < -0.3 is 16.2 Å². The van der Waals surface area contributed by atoms with E-state index < -0.39 is 11.7 Å². The molecule has 1 amide bonds. The smallest absolute Gasteiger partial charge is 0.255 e. The molecule has 86 valence electrons. The average molecular weight is 242 g/mol. The number of benzene rings is 1. The number of thiocarbonyl (C=S) groups is 1. The number of carbonyl (C=O) groups excluding carboxylic acids is 1. The van der Waals surface area contributed by atoms with Crippen molar-refractivity contribution >= 4 is 23.1 Å². The van der Waals surface area contributed by atoms with Crippen LogP contribution in [0, 0.1) is 5.82 Å². The van der Waals surface area contributed by atoms with Gasteiger partial charge in [0.25, 0.3) is 5.91 Å². The van der Waals surface area contributed by atoms with Gasteiger partial charge in [-0.15, -0.1) is 0 Å². The molecule has 0 aromatic heterocycles. The Hall–Kier alpha value is -1.69. The molecule has 4 N–H and O–H groups in total. The topological polar surface area (TPSA) is 75.3 Å². The minimum Gasteiger partial charge on any atom is -0.507 e. The summed E-state index contributed by atoms with van der Waals surface area (Å²) in [6.45, 7) is 0.254. The van der Waals surface area contributed by atoms with Crippen LogP contribution in [0.1, 0.15) is 16.8 Å². The Bertz CT molecular complexity index is 423. The van der Waals surface area contributed by atoms with Gasteiger partial charge in [-0.3, -0.25) is 4.79 Å². The van der Waals surface area contributed by atoms with Crippen LogP contribution in [0.25, 0.3) is 0 Å². The van der Waals surface area contributed by atoms with Crippen molar-refractivity contribution in [2.75, 3.05) is 6.54 Å². The van der Waals surface area contributed by atoms with Gasteiger partial charge >= 0.3 is 0 Å². The van der Waals surface area contributed by atoms with E-state index in [-0.39, 0.29) is 22.8 Å². The minimum atomic E-state index is -0.586. The summed E-state index contributed by atoms with van der Waals surface area (Å²) in [5.41, 5.74) is 5.13. The summed E-state index contributed by atoms with van der Waals surface area (Å²) in [7, 11) is 0. The summed E-state index contributed by atoms with van der Waals surface area (Å²) in [5, 5.41) is 11.8. The molecule has 0 spiro atoms. The van der Waals surface area contributed by atoms with E-state index in [9.17, 15) is 14.3 Å². The van der Waals surface area contributed by atoms with Gasteiger partial charge in [0.05, 0.1) is 10.6 Å². The van der Waals surface area contributed by atoms with Gasteiger partial charge in [-0.05, 0) is 18.2 Å². The van der Waals surface area contributed by atoms with Crippen molar-refractivity contribution < 1.29 is 14.3 Å². The number of halogens is 1. The third-order valence-electron chi connectivity index (χ3n) is 1.86. The predicted molar refractivity (Wildman–Crippen MR) is 61.8 cm³/mol. The molecule has 1 rings (SSSR count). The van der Waals surface area contributed by atoms with Crippen molar-refractivity contribution in [1.29, 1.82) is 0 Å². The Labute approximate surface area is 97.3 Å². The SMILES string of the molecule is NC(=S)CCNC(=O)c1cc(F)ccc1O. The highest BCUT2D eigenvalue weighted by Crippen LogP contribution is 2.17. The molecule has 6 heteroatoms. The van der Waals surface area contributed by atoms with Crippen LogP contribution in [0.15, 0.2) is 18.2 Å². The molecule has 0 atom stereocenters. The summed E-state index contributed by atoms with van der Waals surface area (Å²) in [4.78, 5) is 11.8. The summed E-state index contributed by atoms with van der Waals surface area (Å²) >= 11 is 4.63. The van der Waals surface area contributed by atoms with E-state index in [4.69, 9.17) is 5.73 Å². The lowest BCUT2D eigenvalue weighted by molar-refractivity contribution is 0.0951. The zero-order valence-electron chi connectivity index (χ0n) is 8.37. The molecule has 0 unspecified atom stereocenters. The molecule has 0 fully saturated rings. The summed E-state index contributed by atoms with van der Waals surface area (Å²) in [6.07, 6.45) is 0.358. The second-order valence-electron chi connectivity index (χ2n) is 3.13. The molecule has 0 bridgehead atoms. The van der Waals surface area contributed by atoms with Crippen LogP contribution in [-0.4, -0.2) is 22.5 Å². The van der Waals surface area contributed by atoms with Gasteiger partial charge in [-0.2, -0.15) is 0 Å². The Morgan fingerprint density at radius 3 is 2.88 bits per heavy atom. The first kappa shape index (κ1) is 12.4. The van der Waals surface area contributed by atoms with E-state index in [1.54, 1.807) is 0 Å². The monoisotopic (exact) mass is 242 g/mol. The fraction of sp³-hybridized carbons (Fsp3) is 0.200. The molecule has 1 aromatic carbocycles. The van der Waals surface area contributed by atoms with Crippen LogP contribution < -0.4 is 11.1 Å². The number of phenolic OH excluding ortho intramolecular Hbond substituents is 1. The second-order valence-corrected chi connectivity index (χ2v) is 3.66. The molecule has 0 radical (unpaired) electrons. The largest absolute Gasteiger partial charge is 0.507 e. The number of phenols is 1.